The minimum atomic E-state index is -4.24. The minimum absolute atomic E-state index is 2.95. The second-order valence-corrected chi connectivity index (χ2v) is 5.77. The van der Waals surface area contributed by atoms with Gasteiger partial charge in [0, 0.05) is 10.7 Å². The molecule has 0 heterocycles. The summed E-state index contributed by atoms with van der Waals surface area (Å²) in [4.78, 5) is 0. The average molecular weight is 165 g/mol. The smallest absolute Gasteiger partial charge is 0.293 e. The first kappa shape index (κ1) is 7.35. The third kappa shape index (κ3) is 2.98. The molecule has 0 saturated heterocycles. The van der Waals surface area contributed by atoms with E-state index >= 15 is 0 Å². The average Bonchev–Trinajstić information content (AvgIpc) is 1.31. The van der Waals surface area contributed by atoms with Crippen LogP contribution in [0.3, 0.4) is 0 Å². The Hall–Kier alpha value is 0.350. The van der Waals surface area contributed by atoms with Gasteiger partial charge >= 0.3 is 8.08 Å². The molecule has 7 heavy (non-hydrogen) atoms. The molecule has 0 radical (unpaired) electrons. The lowest BCUT2D eigenvalue weighted by molar-refractivity contribution is 0.567. The summed E-state index contributed by atoms with van der Waals surface area (Å²) < 4.78 is 36.1. The molecule has 0 aromatic heterocycles. The molecule has 0 aliphatic carbocycles. The van der Waals surface area contributed by atoms with Gasteiger partial charge in [0.15, 0.2) is 0 Å². The van der Waals surface area contributed by atoms with Crippen LogP contribution in [0, 0.1) is 0 Å². The van der Waals surface area contributed by atoms with Crippen LogP contribution in [-0.2, 0) is 18.2 Å². The molecule has 0 aliphatic rings. The van der Waals surface area contributed by atoms with Crippen LogP contribution in [0.2, 0.25) is 0 Å². The maximum absolute atomic E-state index is 9.55. The molecule has 0 fully saturated rings. The largest absolute Gasteiger partial charge is 0.338 e. The van der Waals surface area contributed by atoms with Gasteiger partial charge in [0.2, 0.25) is 0 Å². The molecule has 0 spiro atoms. The van der Waals surface area contributed by atoms with Crippen molar-refractivity contribution >= 4 is 28.9 Å². The first-order valence-electron chi connectivity index (χ1n) is 1.00. The Morgan fingerprint density at radius 2 is 1.71 bits per heavy atom. The molecule has 1 unspecified atom stereocenters. The predicted molar refractivity (Wildman–Crippen MR) is 25.5 cm³/mol. The molecule has 0 aromatic carbocycles. The summed E-state index contributed by atoms with van der Waals surface area (Å²) in [7, 11) is -2.90. The second-order valence-electron chi connectivity index (χ2n) is 0.610. The Morgan fingerprint density at radius 1 is 1.57 bits per heavy atom. The van der Waals surface area contributed by atoms with Crippen LogP contribution in [0.4, 0.5) is 0 Å². The van der Waals surface area contributed by atoms with E-state index in [4.69, 9.17) is 4.55 Å². The lowest BCUT2D eigenvalue weighted by Gasteiger charge is -1.78. The summed E-state index contributed by atoms with van der Waals surface area (Å²) in [6.07, 6.45) is 0. The number of hydrogen-bond acceptors (Lipinski definition) is 3. The molecule has 7 heteroatoms. The minimum Gasteiger partial charge on any atom is -0.293 e. The van der Waals surface area contributed by atoms with Crippen molar-refractivity contribution in [2.75, 3.05) is 0 Å². The molecule has 0 rings (SSSR count). The Bertz CT molecular complexity index is 164. The van der Waals surface area contributed by atoms with E-state index < -0.39 is 18.2 Å². The van der Waals surface area contributed by atoms with E-state index in [2.05, 4.69) is 10.7 Å². The molecule has 0 aromatic rings. The van der Waals surface area contributed by atoms with Crippen molar-refractivity contribution in [3.8, 4) is 0 Å². The first-order valence-corrected chi connectivity index (χ1v) is 4.94. The molecule has 0 amide bonds. The van der Waals surface area contributed by atoms with Crippen LogP contribution in [0.5, 0.6) is 0 Å². The highest BCUT2D eigenvalue weighted by molar-refractivity contribution is 8.71. The highest BCUT2D eigenvalue weighted by Gasteiger charge is 2.11. The summed E-state index contributed by atoms with van der Waals surface area (Å²) in [5.74, 6) is 0. The molecule has 0 saturated carbocycles. The summed E-state index contributed by atoms with van der Waals surface area (Å²) in [6, 6.07) is 0. The van der Waals surface area contributed by atoms with Crippen LogP contribution in [0.1, 0.15) is 0 Å². The van der Waals surface area contributed by atoms with Crippen molar-refractivity contribution in [3.63, 3.8) is 0 Å². The molecule has 0 aliphatic heterocycles. The highest BCUT2D eigenvalue weighted by atomic mass is 35.8. The van der Waals surface area contributed by atoms with Crippen LogP contribution in [-0.4, -0.2) is 17.2 Å². The monoisotopic (exact) mass is 164 g/mol. The molecular weight excluding hydrogens is 164 g/mol. The fourth-order valence-electron chi connectivity index (χ4n) is 0. The van der Waals surface area contributed by atoms with Gasteiger partial charge in [-0.25, -0.2) is 4.21 Å². The quantitative estimate of drug-likeness (QED) is 0.328. The van der Waals surface area contributed by atoms with Crippen molar-refractivity contribution in [1.29, 1.82) is 0 Å². The van der Waals surface area contributed by atoms with Gasteiger partial charge in [-0.2, -0.15) is 8.42 Å². The lowest BCUT2D eigenvalue weighted by atomic mass is 15.9. The van der Waals surface area contributed by atoms with Crippen LogP contribution < -0.4 is 0 Å². The van der Waals surface area contributed by atoms with Gasteiger partial charge < -0.3 is 0 Å². The lowest BCUT2D eigenvalue weighted by Crippen LogP contribution is -1.95. The maximum Gasteiger partial charge on any atom is 0.338 e. The van der Waals surface area contributed by atoms with E-state index in [1.807, 2.05) is 0 Å². The highest BCUT2D eigenvalue weighted by Crippen LogP contribution is 1.97. The summed E-state index contributed by atoms with van der Waals surface area (Å²) in [6.45, 7) is 0. The van der Waals surface area contributed by atoms with Crippen molar-refractivity contribution in [3.05, 3.63) is 0 Å². The van der Waals surface area contributed by atoms with Crippen molar-refractivity contribution < 1.29 is 17.2 Å². The van der Waals surface area contributed by atoms with Crippen LogP contribution in [0.25, 0.3) is 0 Å². The van der Waals surface area contributed by atoms with Gasteiger partial charge in [-0.3, -0.25) is 4.55 Å². The zero-order chi connectivity index (χ0) is 6.08. The number of hydrogen-bond donors (Lipinski definition) is 1. The maximum atomic E-state index is 9.55. The zero-order valence-electron chi connectivity index (χ0n) is 2.87. The van der Waals surface area contributed by atoms with E-state index in [1.54, 1.807) is 0 Å². The van der Waals surface area contributed by atoms with Gasteiger partial charge in [0.1, 0.15) is 0 Å². The Kier molecular flexibility index (Phi) is 2.18. The molecule has 44 valence electrons. The fourth-order valence-corrected chi connectivity index (χ4v) is 0. The zero-order valence-corrected chi connectivity index (χ0v) is 5.26. The second kappa shape index (κ2) is 2.08. The molecule has 1 N–H and O–H groups in total. The van der Waals surface area contributed by atoms with Gasteiger partial charge in [-0.1, -0.05) is 0 Å². The molecular formula is HClO4S2. The third-order valence-electron chi connectivity index (χ3n) is 0.170. The van der Waals surface area contributed by atoms with Gasteiger partial charge in [0.05, 0.1) is 0 Å². The van der Waals surface area contributed by atoms with E-state index in [9.17, 15) is 12.6 Å². The fraction of sp³-hybridized carbons (Fsp3) is 0. The van der Waals surface area contributed by atoms with Crippen molar-refractivity contribution in [2.45, 2.75) is 0 Å². The topological polar surface area (TPSA) is 71.4 Å². The third-order valence-corrected chi connectivity index (χ3v) is 2.50. The van der Waals surface area contributed by atoms with Gasteiger partial charge in [-0.05, 0) is 0 Å². The summed E-state index contributed by atoms with van der Waals surface area (Å²) in [5.41, 5.74) is 0. The molecule has 0 bridgehead atoms. The Balaban J connectivity index is 4.43. The SMILES string of the molecule is O=S(O)S(=O)(=O)Cl. The van der Waals surface area contributed by atoms with E-state index in [0.29, 0.717) is 0 Å². The normalized spacial score (nSPS) is 16.3. The number of rotatable bonds is 1. The molecule has 1 atom stereocenters. The first-order chi connectivity index (χ1) is 2.94. The van der Waals surface area contributed by atoms with E-state index in [0.717, 1.165) is 0 Å². The molecule has 4 nitrogen and oxygen atoms in total. The van der Waals surface area contributed by atoms with Crippen molar-refractivity contribution in [1.82, 2.24) is 0 Å². The van der Waals surface area contributed by atoms with E-state index in [-0.39, 0.29) is 0 Å². The Morgan fingerprint density at radius 3 is 1.71 bits per heavy atom. The van der Waals surface area contributed by atoms with Gasteiger partial charge in [-0.15, -0.1) is 0 Å². The standard InChI is InChI=1S/ClHO4S2/c1-7(4,5)6(2)3/h(H,2,3). The number of halogens is 1. The van der Waals surface area contributed by atoms with Crippen LogP contribution in [0.15, 0.2) is 0 Å². The van der Waals surface area contributed by atoms with Crippen molar-refractivity contribution in [2.24, 2.45) is 0 Å². The van der Waals surface area contributed by atoms with Gasteiger partial charge in [0.25, 0.3) is 10.1 Å². The Labute approximate surface area is 46.6 Å². The predicted octanol–water partition coefficient (Wildman–Crippen LogP) is -0.308. The van der Waals surface area contributed by atoms with Crippen LogP contribution >= 0.6 is 10.7 Å². The summed E-state index contributed by atoms with van der Waals surface area (Å²) >= 11 is 0. The van der Waals surface area contributed by atoms with E-state index in [1.165, 1.54) is 0 Å². The summed E-state index contributed by atoms with van der Waals surface area (Å²) in [5, 5.41) is 0.